The average Bonchev–Trinajstić information content (AvgIpc) is 2.82. The Kier molecular flexibility index (Phi) is 4.18. The van der Waals surface area contributed by atoms with Gasteiger partial charge < -0.3 is 4.57 Å². The Bertz CT molecular complexity index is 614. The van der Waals surface area contributed by atoms with E-state index in [-0.39, 0.29) is 17.7 Å². The Morgan fingerprint density at radius 2 is 2.05 bits per heavy atom. The molecule has 1 fully saturated rings. The maximum absolute atomic E-state index is 12.1. The number of aromatic nitrogens is 1. The molecule has 1 aromatic rings. The number of carbonyl (C=O) groups excluding carboxylic acids is 2. The van der Waals surface area contributed by atoms with E-state index in [9.17, 15) is 9.59 Å². The van der Waals surface area contributed by atoms with E-state index in [1.165, 1.54) is 4.90 Å². The molecule has 0 bridgehead atoms. The quantitative estimate of drug-likeness (QED) is 0.631. The highest BCUT2D eigenvalue weighted by atomic mass is 32.2. The van der Waals surface area contributed by atoms with Crippen LogP contribution in [0.4, 0.5) is 4.79 Å². The maximum atomic E-state index is 12.1. The van der Waals surface area contributed by atoms with E-state index in [4.69, 9.17) is 0 Å². The van der Waals surface area contributed by atoms with Gasteiger partial charge in [-0.1, -0.05) is 6.08 Å². The zero-order chi connectivity index (χ0) is 14.9. The van der Waals surface area contributed by atoms with Gasteiger partial charge in [0.15, 0.2) is 0 Å². The summed E-state index contributed by atoms with van der Waals surface area (Å²) < 4.78 is 2.18. The number of carbonyl (C=O) groups is 2. The first kappa shape index (κ1) is 14.7. The number of aryl methyl sites for hydroxylation is 1. The zero-order valence-electron chi connectivity index (χ0n) is 12.0. The fraction of sp³-hybridized carbons (Fsp3) is 0.333. The van der Waals surface area contributed by atoms with E-state index >= 15 is 0 Å². The second-order valence-electron chi connectivity index (χ2n) is 4.65. The number of thioether (sulfide) groups is 1. The average molecular weight is 290 g/mol. The fourth-order valence-electron chi connectivity index (χ4n) is 2.39. The van der Waals surface area contributed by atoms with Gasteiger partial charge in [-0.15, -0.1) is 6.58 Å². The molecule has 4 nitrogen and oxygen atoms in total. The van der Waals surface area contributed by atoms with Gasteiger partial charge >= 0.3 is 0 Å². The minimum Gasteiger partial charge on any atom is -0.349 e. The Morgan fingerprint density at radius 1 is 1.35 bits per heavy atom. The van der Waals surface area contributed by atoms with E-state index in [0.717, 1.165) is 35.3 Å². The van der Waals surface area contributed by atoms with Crippen LogP contribution in [0.3, 0.4) is 0 Å². The van der Waals surface area contributed by atoms with Crippen LogP contribution in [0.15, 0.2) is 23.6 Å². The van der Waals surface area contributed by atoms with Gasteiger partial charge in [-0.25, -0.2) is 0 Å². The van der Waals surface area contributed by atoms with Crippen LogP contribution in [0.2, 0.25) is 0 Å². The molecule has 0 N–H and O–H groups in total. The molecule has 20 heavy (non-hydrogen) atoms. The number of amides is 2. The van der Waals surface area contributed by atoms with Gasteiger partial charge in [-0.2, -0.15) is 0 Å². The Morgan fingerprint density at radius 3 is 2.60 bits per heavy atom. The van der Waals surface area contributed by atoms with Crippen LogP contribution in [0.5, 0.6) is 0 Å². The third-order valence-electron chi connectivity index (χ3n) is 3.40. The van der Waals surface area contributed by atoms with Crippen LogP contribution in [-0.4, -0.2) is 27.2 Å². The van der Waals surface area contributed by atoms with Crippen molar-refractivity contribution < 1.29 is 9.59 Å². The van der Waals surface area contributed by atoms with Crippen LogP contribution >= 0.6 is 11.8 Å². The number of nitrogens with zero attached hydrogens (tertiary/aromatic N) is 2. The largest absolute Gasteiger partial charge is 0.349 e. The summed E-state index contributed by atoms with van der Waals surface area (Å²) in [6.07, 6.45) is 3.37. The summed E-state index contributed by atoms with van der Waals surface area (Å²) in [5, 5.41) is -0.231. The molecule has 2 rings (SSSR count). The summed E-state index contributed by atoms with van der Waals surface area (Å²) in [5.74, 6) is -0.235. The van der Waals surface area contributed by atoms with Gasteiger partial charge in [0.25, 0.3) is 11.1 Å². The lowest BCUT2D eigenvalue weighted by Crippen LogP contribution is -2.27. The Labute approximate surface area is 123 Å². The van der Waals surface area contributed by atoms with Crippen LogP contribution in [0.25, 0.3) is 6.08 Å². The molecule has 0 spiro atoms. The van der Waals surface area contributed by atoms with Gasteiger partial charge in [0.05, 0.1) is 4.91 Å². The number of hydrogen-bond acceptors (Lipinski definition) is 3. The summed E-state index contributed by atoms with van der Waals surface area (Å²) in [4.78, 5) is 25.6. The molecule has 1 saturated heterocycles. The summed E-state index contributed by atoms with van der Waals surface area (Å²) >= 11 is 0.990. The lowest BCUT2D eigenvalue weighted by Gasteiger charge is -2.07. The van der Waals surface area contributed by atoms with Crippen LogP contribution in [0.1, 0.15) is 23.9 Å². The van der Waals surface area contributed by atoms with Gasteiger partial charge in [0.2, 0.25) is 0 Å². The van der Waals surface area contributed by atoms with Gasteiger partial charge in [-0.3, -0.25) is 14.5 Å². The van der Waals surface area contributed by atoms with Crippen molar-refractivity contribution in [1.29, 1.82) is 0 Å². The van der Waals surface area contributed by atoms with Crippen molar-refractivity contribution in [1.82, 2.24) is 9.47 Å². The van der Waals surface area contributed by atoms with E-state index in [0.29, 0.717) is 4.91 Å². The molecule has 0 atom stereocenters. The molecule has 2 heterocycles. The van der Waals surface area contributed by atoms with Crippen LogP contribution in [-0.2, 0) is 11.3 Å². The number of imide groups is 1. The smallest absolute Gasteiger partial charge is 0.293 e. The fourth-order valence-corrected chi connectivity index (χ4v) is 3.23. The molecule has 0 radical (unpaired) electrons. The third-order valence-corrected chi connectivity index (χ3v) is 4.31. The second kappa shape index (κ2) is 5.71. The first-order valence-electron chi connectivity index (χ1n) is 6.52. The normalized spacial score (nSPS) is 17.4. The predicted molar refractivity (Wildman–Crippen MR) is 82.5 cm³/mol. The maximum Gasteiger partial charge on any atom is 0.293 e. The second-order valence-corrected chi connectivity index (χ2v) is 5.64. The van der Waals surface area contributed by atoms with Crippen LogP contribution in [0, 0.1) is 13.8 Å². The molecule has 0 aromatic carbocycles. The zero-order valence-corrected chi connectivity index (χ0v) is 12.8. The summed E-state index contributed by atoms with van der Waals surface area (Å²) in [6, 6.07) is 2.04. The van der Waals surface area contributed by atoms with E-state index in [1.54, 1.807) is 6.08 Å². The molecular formula is C15H18N2O2S. The monoisotopic (exact) mass is 290 g/mol. The Balaban J connectivity index is 2.35. The van der Waals surface area contributed by atoms with E-state index in [1.807, 2.05) is 26.0 Å². The molecule has 106 valence electrons. The highest BCUT2D eigenvalue weighted by Crippen LogP contribution is 2.33. The third kappa shape index (κ3) is 2.45. The number of hydrogen-bond donors (Lipinski definition) is 0. The molecule has 0 aliphatic carbocycles. The van der Waals surface area contributed by atoms with Crippen molar-refractivity contribution in [2.24, 2.45) is 0 Å². The molecule has 0 unspecified atom stereocenters. The van der Waals surface area contributed by atoms with Crippen molar-refractivity contribution in [3.8, 4) is 0 Å². The van der Waals surface area contributed by atoms with Gasteiger partial charge in [-0.05, 0) is 50.2 Å². The first-order valence-corrected chi connectivity index (χ1v) is 7.34. The van der Waals surface area contributed by atoms with E-state index in [2.05, 4.69) is 18.1 Å². The lowest BCUT2D eigenvalue weighted by molar-refractivity contribution is -0.122. The highest BCUT2D eigenvalue weighted by molar-refractivity contribution is 8.18. The minimum atomic E-state index is -0.235. The molecule has 2 amide bonds. The molecule has 1 aliphatic heterocycles. The standard InChI is InChI=1S/C15H18N2O2S/c1-5-7-17-14(18)13(20-15(17)19)9-12-8-10(3)16(6-2)11(12)4/h5,8-9H,1,6-7H2,2-4H3/b13-9-. The summed E-state index contributed by atoms with van der Waals surface area (Å²) in [5.41, 5.74) is 3.26. The van der Waals surface area contributed by atoms with Crippen LogP contribution < -0.4 is 0 Å². The molecule has 5 heteroatoms. The van der Waals surface area contributed by atoms with Crippen molar-refractivity contribution in [2.75, 3.05) is 6.54 Å². The molecule has 1 aromatic heterocycles. The van der Waals surface area contributed by atoms with Crippen molar-refractivity contribution in [2.45, 2.75) is 27.3 Å². The molecule has 0 saturated carbocycles. The molecule has 1 aliphatic rings. The minimum absolute atomic E-state index is 0.231. The Hall–Kier alpha value is -1.75. The molecular weight excluding hydrogens is 272 g/mol. The van der Waals surface area contributed by atoms with Gasteiger partial charge in [0.1, 0.15) is 0 Å². The van der Waals surface area contributed by atoms with E-state index < -0.39 is 0 Å². The first-order chi connectivity index (χ1) is 9.49. The summed E-state index contributed by atoms with van der Waals surface area (Å²) in [7, 11) is 0. The SMILES string of the molecule is C=CCN1C(=O)S/C(=C\c2cc(C)n(CC)c2C)C1=O. The summed E-state index contributed by atoms with van der Waals surface area (Å²) in [6.45, 7) is 10.9. The van der Waals surface area contributed by atoms with Gasteiger partial charge in [0, 0.05) is 24.5 Å². The van der Waals surface area contributed by atoms with Crippen molar-refractivity contribution in [3.05, 3.63) is 40.6 Å². The van der Waals surface area contributed by atoms with Crippen molar-refractivity contribution >= 4 is 29.0 Å². The topological polar surface area (TPSA) is 42.3 Å². The highest BCUT2D eigenvalue weighted by Gasteiger charge is 2.34. The predicted octanol–water partition coefficient (Wildman–Crippen LogP) is 3.35. The van der Waals surface area contributed by atoms with Crippen molar-refractivity contribution in [3.63, 3.8) is 0 Å². The lowest BCUT2D eigenvalue weighted by atomic mass is 10.2. The number of rotatable bonds is 4.